The molecule has 2 N–H and O–H groups in total. The van der Waals surface area contributed by atoms with E-state index in [1.807, 2.05) is 13.8 Å². The first kappa shape index (κ1) is 11.5. The van der Waals surface area contributed by atoms with E-state index in [2.05, 4.69) is 0 Å². The van der Waals surface area contributed by atoms with E-state index in [1.165, 1.54) is 11.9 Å². The topological polar surface area (TPSA) is 26.0 Å². The van der Waals surface area contributed by atoms with Gasteiger partial charge in [-0.15, -0.1) is 0 Å². The van der Waals surface area contributed by atoms with Crippen LogP contribution in [0.5, 0.6) is 0 Å². The van der Waals surface area contributed by atoms with Gasteiger partial charge in [0.2, 0.25) is 0 Å². The van der Waals surface area contributed by atoms with Crippen LogP contribution in [0, 0.1) is 0 Å². The van der Waals surface area contributed by atoms with Gasteiger partial charge in [0.1, 0.15) is 6.67 Å². The van der Waals surface area contributed by atoms with Crippen molar-refractivity contribution in [3.8, 4) is 0 Å². The van der Waals surface area contributed by atoms with E-state index in [9.17, 15) is 4.39 Å². The van der Waals surface area contributed by atoms with Crippen LogP contribution in [0.2, 0.25) is 0 Å². The van der Waals surface area contributed by atoms with Crippen molar-refractivity contribution in [1.82, 2.24) is 0 Å². The third kappa shape index (κ3) is 3.74. The Labute approximate surface area is 77.3 Å². The zero-order valence-corrected chi connectivity index (χ0v) is 8.20. The Balaban J connectivity index is 0.000000561. The fourth-order valence-corrected chi connectivity index (χ4v) is 0.950. The molecule has 0 spiro atoms. The van der Waals surface area contributed by atoms with Gasteiger partial charge in [0, 0.05) is 4.90 Å². The summed E-state index contributed by atoms with van der Waals surface area (Å²) in [5.41, 5.74) is 0.692. The highest BCUT2D eigenvalue weighted by atomic mass is 32.2. The number of rotatable bonds is 2. The predicted molar refractivity (Wildman–Crippen MR) is 52.6 cm³/mol. The summed E-state index contributed by atoms with van der Waals surface area (Å²) in [6.45, 7) is 3.59. The second-order valence-electron chi connectivity index (χ2n) is 1.90. The lowest BCUT2D eigenvalue weighted by molar-refractivity contribution is 0.485. The summed E-state index contributed by atoms with van der Waals surface area (Å²) in [4.78, 5) is 0.956. The largest absolute Gasteiger partial charge is 0.274 e. The van der Waals surface area contributed by atoms with Crippen LogP contribution in [0.25, 0.3) is 0 Å². The molecular weight excluding hydrogens is 173 g/mol. The fraction of sp³-hybridized carbons (Fsp3) is 0.333. The molecule has 0 aliphatic heterocycles. The molecule has 1 aromatic rings. The minimum absolute atomic E-state index is 0.407. The molecule has 0 heterocycles. The molecule has 1 aromatic carbocycles. The van der Waals surface area contributed by atoms with Crippen LogP contribution in [0.4, 0.5) is 4.39 Å². The normalized spacial score (nSPS) is 8.67. The number of benzene rings is 1. The number of halogens is 1. The first-order valence-corrected chi connectivity index (χ1v) is 4.76. The summed E-state index contributed by atoms with van der Waals surface area (Å²) in [5, 5.41) is 5.26. The zero-order valence-electron chi connectivity index (χ0n) is 7.38. The second kappa shape index (κ2) is 7.13. The Bertz CT molecular complexity index is 175. The monoisotopic (exact) mass is 187 g/mol. The summed E-state index contributed by atoms with van der Waals surface area (Å²) in [5.74, 6) is 0. The number of nitrogens with two attached hydrogens (primary N) is 1. The molecular formula is C9H14FNS. The van der Waals surface area contributed by atoms with E-state index in [4.69, 9.17) is 5.14 Å². The van der Waals surface area contributed by atoms with Crippen molar-refractivity contribution in [2.24, 2.45) is 5.14 Å². The first-order chi connectivity index (χ1) is 5.86. The van der Waals surface area contributed by atoms with E-state index in [1.54, 1.807) is 24.3 Å². The summed E-state index contributed by atoms with van der Waals surface area (Å²) in [7, 11) is 0. The minimum atomic E-state index is -0.407. The molecule has 0 fully saturated rings. The predicted octanol–water partition coefficient (Wildman–Crippen LogP) is 3.15. The summed E-state index contributed by atoms with van der Waals surface area (Å²) in [6.07, 6.45) is 0. The quantitative estimate of drug-likeness (QED) is 0.720. The first-order valence-electron chi connectivity index (χ1n) is 3.88. The molecule has 0 bridgehead atoms. The van der Waals surface area contributed by atoms with Crippen molar-refractivity contribution in [3.05, 3.63) is 29.8 Å². The molecule has 0 aromatic heterocycles. The molecule has 68 valence electrons. The Morgan fingerprint density at radius 1 is 1.25 bits per heavy atom. The van der Waals surface area contributed by atoms with Gasteiger partial charge in [0.05, 0.1) is 0 Å². The Kier molecular flexibility index (Phi) is 6.81. The fourth-order valence-electron chi connectivity index (χ4n) is 0.657. The third-order valence-electron chi connectivity index (χ3n) is 1.21. The smallest absolute Gasteiger partial charge is 0.115 e. The van der Waals surface area contributed by atoms with Crippen molar-refractivity contribution in [2.45, 2.75) is 25.4 Å². The van der Waals surface area contributed by atoms with Crippen molar-refractivity contribution in [1.29, 1.82) is 0 Å². The molecule has 0 saturated carbocycles. The highest BCUT2D eigenvalue weighted by molar-refractivity contribution is 7.97. The average molecular weight is 187 g/mol. The van der Waals surface area contributed by atoms with Crippen LogP contribution < -0.4 is 5.14 Å². The molecule has 0 saturated heterocycles. The molecule has 0 amide bonds. The van der Waals surface area contributed by atoms with Crippen LogP contribution in [-0.2, 0) is 6.67 Å². The summed E-state index contributed by atoms with van der Waals surface area (Å²) >= 11 is 1.17. The van der Waals surface area contributed by atoms with Crippen molar-refractivity contribution in [3.63, 3.8) is 0 Å². The van der Waals surface area contributed by atoms with Gasteiger partial charge in [0.25, 0.3) is 0 Å². The van der Waals surface area contributed by atoms with E-state index < -0.39 is 6.67 Å². The Morgan fingerprint density at radius 2 is 1.75 bits per heavy atom. The molecule has 0 aliphatic carbocycles. The van der Waals surface area contributed by atoms with Crippen molar-refractivity contribution >= 4 is 11.9 Å². The molecule has 12 heavy (non-hydrogen) atoms. The average Bonchev–Trinajstić information content (AvgIpc) is 2.21. The SMILES string of the molecule is CC.NSc1ccc(CF)cc1. The highest BCUT2D eigenvalue weighted by Crippen LogP contribution is 2.12. The molecule has 0 radical (unpaired) electrons. The van der Waals surface area contributed by atoms with Crippen LogP contribution in [0.1, 0.15) is 19.4 Å². The zero-order chi connectivity index (χ0) is 9.40. The maximum Gasteiger partial charge on any atom is 0.115 e. The molecule has 0 aliphatic rings. The molecule has 1 rings (SSSR count). The van der Waals surface area contributed by atoms with Gasteiger partial charge in [-0.1, -0.05) is 26.0 Å². The van der Waals surface area contributed by atoms with E-state index in [0.29, 0.717) is 5.56 Å². The van der Waals surface area contributed by atoms with Crippen molar-refractivity contribution < 1.29 is 4.39 Å². The van der Waals surface area contributed by atoms with E-state index in [0.717, 1.165) is 4.90 Å². The Hall–Kier alpha value is -0.540. The van der Waals surface area contributed by atoms with Gasteiger partial charge in [-0.2, -0.15) is 0 Å². The number of alkyl halides is 1. The molecule has 1 nitrogen and oxygen atoms in total. The molecule has 3 heteroatoms. The summed E-state index contributed by atoms with van der Waals surface area (Å²) in [6, 6.07) is 7.07. The van der Waals surface area contributed by atoms with Gasteiger partial charge in [-0.05, 0) is 29.6 Å². The molecule has 0 atom stereocenters. The van der Waals surface area contributed by atoms with Crippen LogP contribution in [-0.4, -0.2) is 0 Å². The highest BCUT2D eigenvalue weighted by Gasteiger charge is 1.90. The lowest BCUT2D eigenvalue weighted by atomic mass is 10.2. The second-order valence-corrected chi connectivity index (χ2v) is 2.60. The standard InChI is InChI=1S/C7H8FNS.C2H6/c8-5-6-1-3-7(10-9)4-2-6;1-2/h1-4H,5,9H2;1-2H3. The third-order valence-corrected chi connectivity index (χ3v) is 1.76. The lowest BCUT2D eigenvalue weighted by Gasteiger charge is -1.95. The van der Waals surface area contributed by atoms with Gasteiger partial charge >= 0.3 is 0 Å². The van der Waals surface area contributed by atoms with Gasteiger partial charge in [0.15, 0.2) is 0 Å². The van der Waals surface area contributed by atoms with Crippen LogP contribution in [0.15, 0.2) is 29.2 Å². The minimum Gasteiger partial charge on any atom is -0.274 e. The Morgan fingerprint density at radius 3 is 2.08 bits per heavy atom. The van der Waals surface area contributed by atoms with Gasteiger partial charge < -0.3 is 0 Å². The van der Waals surface area contributed by atoms with Crippen LogP contribution >= 0.6 is 11.9 Å². The maximum absolute atomic E-state index is 11.9. The van der Waals surface area contributed by atoms with Gasteiger partial charge in [-0.3, -0.25) is 5.14 Å². The summed E-state index contributed by atoms with van der Waals surface area (Å²) < 4.78 is 11.9. The van der Waals surface area contributed by atoms with E-state index in [-0.39, 0.29) is 0 Å². The number of hydrogen-bond donors (Lipinski definition) is 1. The number of hydrogen-bond acceptors (Lipinski definition) is 2. The maximum atomic E-state index is 11.9. The van der Waals surface area contributed by atoms with Crippen LogP contribution in [0.3, 0.4) is 0 Å². The lowest BCUT2D eigenvalue weighted by Crippen LogP contribution is -1.80. The van der Waals surface area contributed by atoms with E-state index >= 15 is 0 Å². The van der Waals surface area contributed by atoms with Crippen molar-refractivity contribution in [2.75, 3.05) is 0 Å². The molecule has 0 unspecified atom stereocenters. The van der Waals surface area contributed by atoms with Gasteiger partial charge in [-0.25, -0.2) is 4.39 Å².